The van der Waals surface area contributed by atoms with E-state index in [9.17, 15) is 9.59 Å². The summed E-state index contributed by atoms with van der Waals surface area (Å²) in [4.78, 5) is 32.7. The Bertz CT molecular complexity index is 1070. The van der Waals surface area contributed by atoms with Gasteiger partial charge in [-0.1, -0.05) is 24.3 Å². The fourth-order valence-electron chi connectivity index (χ4n) is 4.76. The summed E-state index contributed by atoms with van der Waals surface area (Å²) in [6, 6.07) is 12.2. The second-order valence-corrected chi connectivity index (χ2v) is 8.39. The molecule has 0 amide bonds. The van der Waals surface area contributed by atoms with Crippen molar-refractivity contribution in [1.82, 2.24) is 9.47 Å². The molecule has 0 aliphatic carbocycles. The number of esters is 2. The van der Waals surface area contributed by atoms with Crippen LogP contribution in [-0.4, -0.2) is 47.4 Å². The molecule has 7 nitrogen and oxygen atoms in total. The highest BCUT2D eigenvalue weighted by Crippen LogP contribution is 2.40. The molecule has 0 fully saturated rings. The number of benzene rings is 1. The molecule has 2 atom stereocenters. The van der Waals surface area contributed by atoms with Crippen molar-refractivity contribution >= 4 is 17.7 Å². The number of carbonyl (C=O) groups is 2. The summed E-state index contributed by atoms with van der Waals surface area (Å²) >= 11 is 0. The quantitative estimate of drug-likeness (QED) is 0.652. The topological polar surface area (TPSA) is 73.1 Å². The van der Waals surface area contributed by atoms with Gasteiger partial charge >= 0.3 is 11.9 Å². The lowest BCUT2D eigenvalue weighted by molar-refractivity contribution is -0.144. The van der Waals surface area contributed by atoms with E-state index in [4.69, 9.17) is 9.47 Å². The number of aliphatic imine (C=N–C) groups is 1. The van der Waals surface area contributed by atoms with Crippen molar-refractivity contribution in [1.29, 1.82) is 0 Å². The first-order chi connectivity index (χ1) is 15.4. The largest absolute Gasteiger partial charge is 0.468 e. The Labute approximate surface area is 188 Å². The summed E-state index contributed by atoms with van der Waals surface area (Å²) in [5, 5.41) is 0. The molecule has 1 aromatic carbocycles. The van der Waals surface area contributed by atoms with E-state index in [1.54, 1.807) is 13.8 Å². The minimum absolute atomic E-state index is 0.273. The summed E-state index contributed by atoms with van der Waals surface area (Å²) in [6.45, 7) is 6.22. The highest BCUT2D eigenvalue weighted by Gasteiger charge is 2.43. The van der Waals surface area contributed by atoms with Crippen LogP contribution in [0.5, 0.6) is 0 Å². The Morgan fingerprint density at radius 3 is 2.38 bits per heavy atom. The van der Waals surface area contributed by atoms with Crippen molar-refractivity contribution in [3.8, 4) is 0 Å². The molecule has 0 spiro atoms. The number of fused-ring (bicyclic) bond motifs is 1. The molecule has 2 aromatic rings. The van der Waals surface area contributed by atoms with E-state index in [-0.39, 0.29) is 6.61 Å². The molecule has 0 saturated carbocycles. The second-order valence-electron chi connectivity index (χ2n) is 8.39. The van der Waals surface area contributed by atoms with Crippen molar-refractivity contribution in [3.63, 3.8) is 0 Å². The van der Waals surface area contributed by atoms with Gasteiger partial charge in [0.05, 0.1) is 18.6 Å². The van der Waals surface area contributed by atoms with Crippen LogP contribution in [0.3, 0.4) is 0 Å². The van der Waals surface area contributed by atoms with E-state index in [2.05, 4.69) is 22.0 Å². The molecule has 0 N–H and O–H groups in total. The molecule has 4 rings (SSSR count). The summed E-state index contributed by atoms with van der Waals surface area (Å²) < 4.78 is 12.7. The van der Waals surface area contributed by atoms with Gasteiger partial charge in [-0.2, -0.15) is 0 Å². The summed E-state index contributed by atoms with van der Waals surface area (Å²) in [5.74, 6) is -2.03. The number of aryl methyl sites for hydroxylation is 1. The van der Waals surface area contributed by atoms with Crippen LogP contribution >= 0.6 is 0 Å². The number of rotatable bonds is 6. The first-order valence-electron chi connectivity index (χ1n) is 10.8. The van der Waals surface area contributed by atoms with Gasteiger partial charge in [0, 0.05) is 50.0 Å². The molecule has 3 heterocycles. The van der Waals surface area contributed by atoms with Gasteiger partial charge in [-0.25, -0.2) is 4.79 Å². The molecule has 0 saturated heterocycles. The van der Waals surface area contributed by atoms with E-state index in [1.807, 2.05) is 42.1 Å². The van der Waals surface area contributed by atoms with E-state index in [0.29, 0.717) is 23.5 Å². The van der Waals surface area contributed by atoms with Gasteiger partial charge in [0.2, 0.25) is 0 Å². The molecule has 7 heteroatoms. The maximum Gasteiger partial charge on any atom is 0.336 e. The van der Waals surface area contributed by atoms with Gasteiger partial charge < -0.3 is 14.0 Å². The number of allylic oxidation sites excluding steroid dienone is 1. The molecule has 0 radical (unpaired) electrons. The van der Waals surface area contributed by atoms with Crippen molar-refractivity contribution in [3.05, 3.63) is 70.7 Å². The van der Waals surface area contributed by atoms with E-state index < -0.39 is 23.8 Å². The van der Waals surface area contributed by atoms with Crippen LogP contribution < -0.4 is 0 Å². The lowest BCUT2D eigenvalue weighted by Gasteiger charge is -2.31. The maximum absolute atomic E-state index is 13.3. The predicted octanol–water partition coefficient (Wildman–Crippen LogP) is 3.21. The van der Waals surface area contributed by atoms with Crippen molar-refractivity contribution < 1.29 is 19.1 Å². The van der Waals surface area contributed by atoms with Crippen molar-refractivity contribution in [2.45, 2.75) is 32.9 Å². The zero-order chi connectivity index (χ0) is 22.8. The van der Waals surface area contributed by atoms with Crippen LogP contribution in [0.1, 0.15) is 36.6 Å². The zero-order valence-corrected chi connectivity index (χ0v) is 19.0. The van der Waals surface area contributed by atoms with Crippen LogP contribution in [0, 0.1) is 5.92 Å². The first kappa shape index (κ1) is 22.0. The molecule has 1 aromatic heterocycles. The van der Waals surface area contributed by atoms with E-state index in [0.717, 1.165) is 18.8 Å². The number of aromatic nitrogens is 1. The van der Waals surface area contributed by atoms with Crippen LogP contribution in [-0.2, 0) is 39.2 Å². The minimum atomic E-state index is -0.673. The Hall–Kier alpha value is -3.19. The number of hydrogen-bond acceptors (Lipinski definition) is 6. The molecular weight excluding hydrogens is 406 g/mol. The van der Waals surface area contributed by atoms with E-state index >= 15 is 0 Å². The molecule has 2 aliphatic rings. The fourth-order valence-corrected chi connectivity index (χ4v) is 4.76. The number of carbonyl (C=O) groups excluding carboxylic acids is 2. The van der Waals surface area contributed by atoms with Gasteiger partial charge in [-0.3, -0.25) is 14.7 Å². The highest BCUT2D eigenvalue weighted by atomic mass is 16.5. The summed E-state index contributed by atoms with van der Waals surface area (Å²) in [5.41, 5.74) is 5.10. The van der Waals surface area contributed by atoms with Crippen LogP contribution in [0.15, 0.2) is 58.9 Å². The molecule has 168 valence electrons. The molecular formula is C25H29N3O4. The van der Waals surface area contributed by atoms with Gasteiger partial charge in [0.1, 0.15) is 12.5 Å². The zero-order valence-electron chi connectivity index (χ0n) is 19.0. The van der Waals surface area contributed by atoms with E-state index in [1.165, 1.54) is 18.2 Å². The summed E-state index contributed by atoms with van der Waals surface area (Å²) in [7, 11) is 3.25. The number of ether oxygens (including phenoxy) is 2. The van der Waals surface area contributed by atoms with Gasteiger partial charge in [-0.05, 0) is 37.1 Å². The van der Waals surface area contributed by atoms with Crippen molar-refractivity contribution in [2.24, 2.45) is 18.0 Å². The Morgan fingerprint density at radius 2 is 1.78 bits per heavy atom. The first-order valence-corrected chi connectivity index (χ1v) is 10.8. The fraction of sp³-hybridized carbons (Fsp3) is 0.400. The minimum Gasteiger partial charge on any atom is -0.468 e. The lowest BCUT2D eigenvalue weighted by atomic mass is 9.77. The second kappa shape index (κ2) is 9.12. The van der Waals surface area contributed by atoms with Gasteiger partial charge in [-0.15, -0.1) is 0 Å². The number of methoxy groups -OCH3 is 1. The SMILES string of the molecule is COC(=O)C1C(C)=NC(C)=C(C(=O)OCCN2Cc3ccccc3C2)C1c1cccn1C. The molecule has 2 unspecified atom stereocenters. The third-order valence-corrected chi connectivity index (χ3v) is 6.35. The number of nitrogens with zero attached hydrogens (tertiary/aromatic N) is 3. The average molecular weight is 436 g/mol. The Kier molecular flexibility index (Phi) is 6.28. The van der Waals surface area contributed by atoms with Crippen LogP contribution in [0.25, 0.3) is 0 Å². The summed E-state index contributed by atoms with van der Waals surface area (Å²) in [6.07, 6.45) is 1.90. The lowest BCUT2D eigenvalue weighted by Crippen LogP contribution is -2.37. The monoisotopic (exact) mass is 435 g/mol. The third kappa shape index (κ3) is 4.12. The van der Waals surface area contributed by atoms with Crippen LogP contribution in [0.2, 0.25) is 0 Å². The third-order valence-electron chi connectivity index (χ3n) is 6.35. The average Bonchev–Trinajstić information content (AvgIpc) is 3.37. The Morgan fingerprint density at radius 1 is 1.09 bits per heavy atom. The number of hydrogen-bond donors (Lipinski definition) is 0. The molecule has 32 heavy (non-hydrogen) atoms. The predicted molar refractivity (Wildman–Crippen MR) is 121 cm³/mol. The van der Waals surface area contributed by atoms with Crippen molar-refractivity contribution in [2.75, 3.05) is 20.3 Å². The Balaban J connectivity index is 1.52. The molecule has 0 bridgehead atoms. The maximum atomic E-state index is 13.3. The normalized spacial score (nSPS) is 20.7. The standard InChI is InChI=1S/C25H29N3O4/c1-16-21(24(29)31-4)23(20-10-7-11-27(20)3)22(17(2)26-16)25(30)32-13-12-28-14-18-8-5-6-9-19(18)15-28/h5-11,21,23H,12-15H2,1-4H3. The highest BCUT2D eigenvalue weighted by molar-refractivity contribution is 6.06. The van der Waals surface area contributed by atoms with Crippen LogP contribution in [0.4, 0.5) is 0 Å². The molecule has 2 aliphatic heterocycles. The van der Waals surface area contributed by atoms with Gasteiger partial charge in [0.25, 0.3) is 0 Å². The van der Waals surface area contributed by atoms with Gasteiger partial charge in [0.15, 0.2) is 0 Å². The smallest absolute Gasteiger partial charge is 0.336 e.